The molecule has 1 heterocycles. The molecule has 0 aliphatic heterocycles. The molecule has 0 saturated carbocycles. The van der Waals surface area contributed by atoms with Gasteiger partial charge >= 0.3 is 0 Å². The van der Waals surface area contributed by atoms with Gasteiger partial charge in [-0.05, 0) is 31.2 Å². The number of carbonyl (C=O) groups is 1. The van der Waals surface area contributed by atoms with Crippen molar-refractivity contribution in [2.75, 3.05) is 11.9 Å². The molecule has 0 radical (unpaired) electrons. The number of rotatable bonds is 8. The van der Waals surface area contributed by atoms with Crippen molar-refractivity contribution < 1.29 is 14.3 Å². The van der Waals surface area contributed by atoms with Crippen LogP contribution in [0.4, 0.5) is 5.69 Å². The summed E-state index contributed by atoms with van der Waals surface area (Å²) < 4.78 is 11.2. The first-order valence-corrected chi connectivity index (χ1v) is 9.25. The number of thiazole rings is 1. The molecule has 0 bridgehead atoms. The Morgan fingerprint density at radius 3 is 2.65 bits per heavy atom. The molecule has 1 aromatic heterocycles. The van der Waals surface area contributed by atoms with Crippen LogP contribution in [0.2, 0.25) is 0 Å². The fourth-order valence-corrected chi connectivity index (χ4v) is 3.07. The van der Waals surface area contributed by atoms with Gasteiger partial charge in [-0.25, -0.2) is 4.98 Å². The molecule has 3 rings (SSSR count). The van der Waals surface area contributed by atoms with Crippen LogP contribution < -0.4 is 14.8 Å². The van der Waals surface area contributed by atoms with Crippen LogP contribution in [-0.2, 0) is 17.8 Å². The van der Waals surface area contributed by atoms with Gasteiger partial charge in [0.25, 0.3) is 0 Å². The van der Waals surface area contributed by atoms with E-state index in [0.717, 1.165) is 16.5 Å². The van der Waals surface area contributed by atoms with Crippen molar-refractivity contribution in [2.45, 2.75) is 20.0 Å². The zero-order valence-electron chi connectivity index (χ0n) is 14.5. The lowest BCUT2D eigenvalue weighted by Crippen LogP contribution is -2.15. The van der Waals surface area contributed by atoms with Crippen molar-refractivity contribution in [3.8, 4) is 11.5 Å². The number of anilines is 1. The molecule has 0 saturated heterocycles. The lowest BCUT2D eigenvalue weighted by molar-refractivity contribution is -0.115. The SMILES string of the molecule is CCOc1ccccc1NC(=O)Cc1csc(COc2ccccc2)n1. The van der Waals surface area contributed by atoms with Gasteiger partial charge in [0.05, 0.1) is 24.4 Å². The number of amides is 1. The van der Waals surface area contributed by atoms with Crippen LogP contribution in [0.5, 0.6) is 11.5 Å². The number of benzene rings is 2. The van der Waals surface area contributed by atoms with Crippen LogP contribution in [0.1, 0.15) is 17.6 Å². The number of ether oxygens (including phenoxy) is 2. The van der Waals surface area contributed by atoms with Crippen LogP contribution in [-0.4, -0.2) is 17.5 Å². The molecular weight excluding hydrogens is 348 g/mol. The van der Waals surface area contributed by atoms with Crippen molar-refractivity contribution in [3.63, 3.8) is 0 Å². The van der Waals surface area contributed by atoms with Crippen molar-refractivity contribution in [1.29, 1.82) is 0 Å². The van der Waals surface area contributed by atoms with E-state index < -0.39 is 0 Å². The first kappa shape index (κ1) is 17.9. The van der Waals surface area contributed by atoms with E-state index in [1.54, 1.807) is 0 Å². The number of carbonyl (C=O) groups excluding carboxylic acids is 1. The second-order valence-corrected chi connectivity index (χ2v) is 6.43. The smallest absolute Gasteiger partial charge is 0.230 e. The average Bonchev–Trinajstić information content (AvgIpc) is 3.10. The average molecular weight is 368 g/mol. The standard InChI is InChI=1S/C20H20N2O3S/c1-2-24-18-11-7-6-10-17(18)22-19(23)12-15-14-26-20(21-15)13-25-16-8-4-3-5-9-16/h3-11,14H,2,12-13H2,1H3,(H,22,23). The summed E-state index contributed by atoms with van der Waals surface area (Å²) in [5.74, 6) is 1.34. The maximum atomic E-state index is 12.3. The van der Waals surface area contributed by atoms with E-state index in [9.17, 15) is 4.79 Å². The van der Waals surface area contributed by atoms with E-state index in [1.807, 2.05) is 66.9 Å². The maximum Gasteiger partial charge on any atom is 0.230 e. The van der Waals surface area contributed by atoms with Crippen LogP contribution in [0.25, 0.3) is 0 Å². The maximum absolute atomic E-state index is 12.3. The van der Waals surface area contributed by atoms with Gasteiger partial charge < -0.3 is 14.8 Å². The number of nitrogens with one attached hydrogen (secondary N) is 1. The minimum atomic E-state index is -0.127. The molecule has 6 heteroatoms. The van der Waals surface area contributed by atoms with Gasteiger partial charge in [0.1, 0.15) is 23.1 Å². The second kappa shape index (κ2) is 9.01. The van der Waals surface area contributed by atoms with Crippen LogP contribution in [0.15, 0.2) is 60.0 Å². The third-order valence-electron chi connectivity index (χ3n) is 3.51. The highest BCUT2D eigenvalue weighted by Gasteiger charge is 2.11. The Balaban J connectivity index is 1.54. The Bertz CT molecular complexity index is 849. The van der Waals surface area contributed by atoms with Crippen molar-refractivity contribution in [1.82, 2.24) is 4.98 Å². The Morgan fingerprint density at radius 2 is 1.85 bits per heavy atom. The summed E-state index contributed by atoms with van der Waals surface area (Å²) in [5, 5.41) is 5.61. The fraction of sp³-hybridized carbons (Fsp3) is 0.200. The van der Waals surface area contributed by atoms with Crippen LogP contribution in [0, 0.1) is 0 Å². The lowest BCUT2D eigenvalue weighted by Gasteiger charge is -2.10. The lowest BCUT2D eigenvalue weighted by atomic mass is 10.2. The molecule has 26 heavy (non-hydrogen) atoms. The Labute approximate surface area is 156 Å². The summed E-state index contributed by atoms with van der Waals surface area (Å²) in [6.45, 7) is 2.85. The van der Waals surface area contributed by atoms with E-state index in [2.05, 4.69) is 10.3 Å². The number of nitrogens with zero attached hydrogens (tertiary/aromatic N) is 1. The van der Waals surface area contributed by atoms with Gasteiger partial charge in [-0.1, -0.05) is 30.3 Å². The number of hydrogen-bond donors (Lipinski definition) is 1. The predicted octanol–water partition coefficient (Wildman–Crippen LogP) is 4.30. The molecule has 0 fully saturated rings. The highest BCUT2D eigenvalue weighted by atomic mass is 32.1. The molecule has 0 spiro atoms. The van der Waals surface area contributed by atoms with Crippen molar-refractivity contribution in [3.05, 3.63) is 70.7 Å². The van der Waals surface area contributed by atoms with Gasteiger partial charge in [-0.3, -0.25) is 4.79 Å². The molecule has 2 aromatic carbocycles. The molecule has 0 unspecified atom stereocenters. The summed E-state index contributed by atoms with van der Waals surface area (Å²) in [7, 11) is 0. The zero-order valence-corrected chi connectivity index (χ0v) is 15.3. The molecule has 134 valence electrons. The van der Waals surface area contributed by atoms with E-state index in [-0.39, 0.29) is 12.3 Å². The highest BCUT2D eigenvalue weighted by Crippen LogP contribution is 2.24. The minimum absolute atomic E-state index is 0.127. The largest absolute Gasteiger partial charge is 0.492 e. The third-order valence-corrected chi connectivity index (χ3v) is 4.38. The quantitative estimate of drug-likeness (QED) is 0.644. The molecule has 0 aliphatic rings. The van der Waals surface area contributed by atoms with Crippen LogP contribution >= 0.6 is 11.3 Å². The molecule has 3 aromatic rings. The van der Waals surface area contributed by atoms with E-state index in [0.29, 0.717) is 24.7 Å². The number of aromatic nitrogens is 1. The molecule has 1 amide bonds. The highest BCUT2D eigenvalue weighted by molar-refractivity contribution is 7.09. The van der Waals surface area contributed by atoms with Crippen molar-refractivity contribution >= 4 is 22.9 Å². The van der Waals surface area contributed by atoms with Gasteiger partial charge in [-0.2, -0.15) is 0 Å². The molecule has 1 N–H and O–H groups in total. The summed E-state index contributed by atoms with van der Waals surface area (Å²) >= 11 is 1.49. The third kappa shape index (κ3) is 5.07. The molecule has 5 nitrogen and oxygen atoms in total. The van der Waals surface area contributed by atoms with E-state index in [1.165, 1.54) is 11.3 Å². The van der Waals surface area contributed by atoms with Gasteiger partial charge in [-0.15, -0.1) is 11.3 Å². The molecule has 0 atom stereocenters. The van der Waals surface area contributed by atoms with Crippen molar-refractivity contribution in [2.24, 2.45) is 0 Å². The van der Waals surface area contributed by atoms with Gasteiger partial charge in [0.15, 0.2) is 0 Å². The fourth-order valence-electron chi connectivity index (χ4n) is 2.37. The second-order valence-electron chi connectivity index (χ2n) is 5.49. The van der Waals surface area contributed by atoms with E-state index >= 15 is 0 Å². The summed E-state index contributed by atoms with van der Waals surface area (Å²) in [4.78, 5) is 16.8. The monoisotopic (exact) mass is 368 g/mol. The van der Waals surface area contributed by atoms with Gasteiger partial charge in [0.2, 0.25) is 5.91 Å². The normalized spacial score (nSPS) is 10.3. The Kier molecular flexibility index (Phi) is 6.22. The minimum Gasteiger partial charge on any atom is -0.492 e. The first-order valence-electron chi connectivity index (χ1n) is 8.37. The summed E-state index contributed by atoms with van der Waals surface area (Å²) in [6, 6.07) is 17.0. The number of hydrogen-bond acceptors (Lipinski definition) is 5. The Hall–Kier alpha value is -2.86. The van der Waals surface area contributed by atoms with Crippen LogP contribution in [0.3, 0.4) is 0 Å². The molecular formula is C20H20N2O3S. The Morgan fingerprint density at radius 1 is 1.08 bits per heavy atom. The first-order chi connectivity index (χ1) is 12.7. The topological polar surface area (TPSA) is 60.5 Å². The van der Waals surface area contributed by atoms with Gasteiger partial charge in [0, 0.05) is 5.38 Å². The predicted molar refractivity (Wildman–Crippen MR) is 103 cm³/mol. The van der Waals surface area contributed by atoms with E-state index in [4.69, 9.17) is 9.47 Å². The number of para-hydroxylation sites is 3. The summed E-state index contributed by atoms with van der Waals surface area (Å²) in [6.07, 6.45) is 0.211. The summed E-state index contributed by atoms with van der Waals surface area (Å²) in [5.41, 5.74) is 1.40. The molecule has 0 aliphatic carbocycles. The zero-order chi connectivity index (χ0) is 18.2.